The van der Waals surface area contributed by atoms with E-state index in [1.807, 2.05) is 58.9 Å². The quantitative estimate of drug-likeness (QED) is 0.523. The van der Waals surface area contributed by atoms with E-state index in [2.05, 4.69) is 26.2 Å². The van der Waals surface area contributed by atoms with Crippen molar-refractivity contribution in [3.05, 3.63) is 46.2 Å². The number of hydrogen-bond donors (Lipinski definition) is 1. The average Bonchev–Trinajstić information content (AvgIpc) is 3.38. The molecule has 8 heteroatoms. The number of aromatic nitrogens is 3. The minimum atomic E-state index is -0.635. The average molecular weight is 472 g/mol. The Morgan fingerprint density at radius 2 is 1.97 bits per heavy atom. The fourth-order valence-corrected chi connectivity index (χ4v) is 3.44. The van der Waals surface area contributed by atoms with Crippen LogP contribution in [0.5, 0.6) is 0 Å². The van der Waals surface area contributed by atoms with Gasteiger partial charge < -0.3 is 10.1 Å². The van der Waals surface area contributed by atoms with E-state index in [0.29, 0.717) is 27.8 Å². The van der Waals surface area contributed by atoms with Crippen molar-refractivity contribution in [2.45, 2.75) is 59.1 Å². The van der Waals surface area contributed by atoms with E-state index in [4.69, 9.17) is 9.84 Å². The highest BCUT2D eigenvalue weighted by atomic mass is 79.9. The Kier molecular flexibility index (Phi) is 5.22. The molecular formula is C22H26BrN5O2. The SMILES string of the molecule is Cc1ccc(N(C(=O)OC(C)(C)C)c2cc(NC3CC3)c3ncc(Br)n3n2)cc1C. The Hall–Kier alpha value is -2.61. The molecule has 1 aliphatic rings. The topological polar surface area (TPSA) is 71.8 Å². The van der Waals surface area contributed by atoms with E-state index in [1.54, 1.807) is 10.7 Å². The smallest absolute Gasteiger partial charge is 0.420 e. The van der Waals surface area contributed by atoms with Crippen LogP contribution in [-0.4, -0.2) is 32.3 Å². The van der Waals surface area contributed by atoms with Crippen LogP contribution in [0.25, 0.3) is 5.65 Å². The van der Waals surface area contributed by atoms with Gasteiger partial charge >= 0.3 is 6.09 Å². The van der Waals surface area contributed by atoms with Gasteiger partial charge in [-0.2, -0.15) is 0 Å². The zero-order chi connectivity index (χ0) is 21.6. The molecular weight excluding hydrogens is 446 g/mol. The summed E-state index contributed by atoms with van der Waals surface area (Å²) in [6.07, 6.45) is 3.47. The molecule has 0 saturated heterocycles. The van der Waals surface area contributed by atoms with Gasteiger partial charge in [-0.05, 0) is 86.6 Å². The van der Waals surface area contributed by atoms with E-state index in [-0.39, 0.29) is 0 Å². The van der Waals surface area contributed by atoms with E-state index in [9.17, 15) is 4.79 Å². The molecule has 3 aromatic rings. The number of imidazole rings is 1. The molecule has 4 rings (SSSR count). The lowest BCUT2D eigenvalue weighted by atomic mass is 10.1. The predicted octanol–water partition coefficient (Wildman–Crippen LogP) is 5.76. The zero-order valence-electron chi connectivity index (χ0n) is 17.9. The van der Waals surface area contributed by atoms with Crippen molar-refractivity contribution in [1.29, 1.82) is 0 Å². The molecule has 1 fully saturated rings. The fourth-order valence-electron chi connectivity index (χ4n) is 3.10. The van der Waals surface area contributed by atoms with Crippen LogP contribution >= 0.6 is 15.9 Å². The van der Waals surface area contributed by atoms with Crippen LogP contribution in [0.3, 0.4) is 0 Å². The normalized spacial score (nSPS) is 14.1. The highest BCUT2D eigenvalue weighted by Crippen LogP contribution is 2.34. The summed E-state index contributed by atoms with van der Waals surface area (Å²) in [6.45, 7) is 9.63. The minimum Gasteiger partial charge on any atom is -0.443 e. The maximum Gasteiger partial charge on any atom is 0.420 e. The predicted molar refractivity (Wildman–Crippen MR) is 122 cm³/mol. The molecule has 7 nitrogen and oxygen atoms in total. The third-order valence-corrected chi connectivity index (χ3v) is 5.44. The number of fused-ring (bicyclic) bond motifs is 1. The van der Waals surface area contributed by atoms with Crippen molar-refractivity contribution in [3.8, 4) is 0 Å². The van der Waals surface area contributed by atoms with E-state index in [1.165, 1.54) is 4.90 Å². The van der Waals surface area contributed by atoms with Crippen molar-refractivity contribution in [1.82, 2.24) is 14.6 Å². The lowest BCUT2D eigenvalue weighted by Crippen LogP contribution is -2.34. The minimum absolute atomic E-state index is 0.427. The second-order valence-corrected chi connectivity index (χ2v) is 9.55. The highest BCUT2D eigenvalue weighted by molar-refractivity contribution is 9.10. The monoisotopic (exact) mass is 471 g/mol. The van der Waals surface area contributed by atoms with Crippen LogP contribution < -0.4 is 10.2 Å². The first kappa shape index (κ1) is 20.7. The van der Waals surface area contributed by atoms with Crippen LogP contribution in [0.2, 0.25) is 0 Å². The van der Waals surface area contributed by atoms with Crippen molar-refractivity contribution >= 4 is 44.9 Å². The highest BCUT2D eigenvalue weighted by Gasteiger charge is 2.29. The molecule has 1 N–H and O–H groups in total. The molecule has 2 heterocycles. The van der Waals surface area contributed by atoms with Crippen LogP contribution in [0.4, 0.5) is 22.0 Å². The Morgan fingerprint density at radius 3 is 2.60 bits per heavy atom. The standard InChI is InChI=1S/C22H26BrN5O2/c1-13-6-9-16(10-14(13)2)27(21(29)30-22(3,4)5)19-11-17(25-15-7-8-15)20-24-12-18(23)28(20)26-19/h6,9-12,15,25H,7-8H2,1-5H3. The molecule has 2 aromatic heterocycles. The van der Waals surface area contributed by atoms with Crippen molar-refractivity contribution < 1.29 is 9.53 Å². The van der Waals surface area contributed by atoms with Gasteiger partial charge in [0.05, 0.1) is 17.6 Å². The number of nitrogens with zero attached hydrogens (tertiary/aromatic N) is 4. The summed E-state index contributed by atoms with van der Waals surface area (Å²) < 4.78 is 8.13. The maximum absolute atomic E-state index is 13.3. The van der Waals surface area contributed by atoms with Crippen molar-refractivity contribution in [2.75, 3.05) is 10.2 Å². The maximum atomic E-state index is 13.3. The third-order valence-electron chi connectivity index (χ3n) is 4.90. The van der Waals surface area contributed by atoms with Gasteiger partial charge in [-0.1, -0.05) is 6.07 Å². The molecule has 1 aliphatic carbocycles. The molecule has 0 bridgehead atoms. The van der Waals surface area contributed by atoms with Gasteiger partial charge in [0, 0.05) is 12.1 Å². The van der Waals surface area contributed by atoms with Gasteiger partial charge in [-0.15, -0.1) is 5.10 Å². The molecule has 1 aromatic carbocycles. The zero-order valence-corrected chi connectivity index (χ0v) is 19.4. The Balaban J connectivity index is 1.87. The molecule has 0 radical (unpaired) electrons. The van der Waals surface area contributed by atoms with Crippen LogP contribution in [0.15, 0.2) is 35.1 Å². The number of carbonyl (C=O) groups excluding carboxylic acids is 1. The first-order valence-corrected chi connectivity index (χ1v) is 10.8. The number of anilines is 3. The number of hydrogen-bond acceptors (Lipinski definition) is 5. The van der Waals surface area contributed by atoms with Crippen molar-refractivity contribution in [3.63, 3.8) is 0 Å². The largest absolute Gasteiger partial charge is 0.443 e. The van der Waals surface area contributed by atoms with Crippen molar-refractivity contribution in [2.24, 2.45) is 0 Å². The number of rotatable bonds is 4. The van der Waals surface area contributed by atoms with E-state index < -0.39 is 11.7 Å². The first-order valence-electron chi connectivity index (χ1n) is 10.0. The molecule has 0 spiro atoms. The summed E-state index contributed by atoms with van der Waals surface area (Å²) in [5.74, 6) is 0.460. The molecule has 30 heavy (non-hydrogen) atoms. The number of carbonyl (C=O) groups is 1. The third kappa shape index (κ3) is 4.28. The second kappa shape index (κ2) is 7.58. The second-order valence-electron chi connectivity index (χ2n) is 8.74. The van der Waals surface area contributed by atoms with Gasteiger partial charge in [0.25, 0.3) is 0 Å². The lowest BCUT2D eigenvalue weighted by molar-refractivity contribution is 0.0598. The molecule has 1 saturated carbocycles. The number of benzene rings is 1. The number of ether oxygens (including phenoxy) is 1. The summed E-state index contributed by atoms with van der Waals surface area (Å²) in [7, 11) is 0. The molecule has 0 atom stereocenters. The molecule has 1 amide bonds. The van der Waals surface area contributed by atoms with Crippen LogP contribution in [0.1, 0.15) is 44.7 Å². The number of aryl methyl sites for hydroxylation is 2. The van der Waals surface area contributed by atoms with Gasteiger partial charge in [-0.25, -0.2) is 19.2 Å². The van der Waals surface area contributed by atoms with Gasteiger partial charge in [0.15, 0.2) is 11.5 Å². The first-order chi connectivity index (χ1) is 14.1. The molecule has 0 unspecified atom stereocenters. The van der Waals surface area contributed by atoms with Gasteiger partial charge in [-0.3, -0.25) is 0 Å². The van der Waals surface area contributed by atoms with Gasteiger partial charge in [0.2, 0.25) is 0 Å². The van der Waals surface area contributed by atoms with E-state index in [0.717, 1.165) is 29.7 Å². The van der Waals surface area contributed by atoms with Crippen LogP contribution in [-0.2, 0) is 4.74 Å². The van der Waals surface area contributed by atoms with Crippen LogP contribution in [0, 0.1) is 13.8 Å². The summed E-state index contributed by atoms with van der Waals surface area (Å²) in [4.78, 5) is 19.2. The number of nitrogens with one attached hydrogen (secondary N) is 1. The van der Waals surface area contributed by atoms with Gasteiger partial charge in [0.1, 0.15) is 10.2 Å². The number of amides is 1. The lowest BCUT2D eigenvalue weighted by Gasteiger charge is -2.27. The summed E-state index contributed by atoms with van der Waals surface area (Å²) >= 11 is 3.50. The Bertz CT molecular complexity index is 1110. The summed E-state index contributed by atoms with van der Waals surface area (Å²) in [5.41, 5.74) is 3.85. The Morgan fingerprint density at radius 1 is 1.23 bits per heavy atom. The fraction of sp³-hybridized carbons (Fsp3) is 0.409. The number of halogens is 1. The Labute approximate surface area is 184 Å². The molecule has 158 valence electrons. The molecule has 0 aliphatic heterocycles. The van der Waals surface area contributed by atoms with E-state index >= 15 is 0 Å². The summed E-state index contributed by atoms with van der Waals surface area (Å²) in [6, 6.07) is 8.18. The summed E-state index contributed by atoms with van der Waals surface area (Å²) in [5, 5.41) is 8.20.